The van der Waals surface area contributed by atoms with Gasteiger partial charge in [0.25, 0.3) is 5.91 Å². The van der Waals surface area contributed by atoms with Crippen LogP contribution in [0.5, 0.6) is 0 Å². The third-order valence-corrected chi connectivity index (χ3v) is 5.97. The van der Waals surface area contributed by atoms with Crippen molar-refractivity contribution >= 4 is 52.4 Å². The lowest BCUT2D eigenvalue weighted by Crippen LogP contribution is -2.48. The van der Waals surface area contributed by atoms with E-state index in [1.54, 1.807) is 11.0 Å². The van der Waals surface area contributed by atoms with Gasteiger partial charge < -0.3 is 14.9 Å². The second-order valence-corrected chi connectivity index (χ2v) is 7.93. The van der Waals surface area contributed by atoms with Gasteiger partial charge in [-0.15, -0.1) is 0 Å². The predicted octanol–water partition coefficient (Wildman–Crippen LogP) is 4.63. The Morgan fingerprint density at radius 3 is 2.64 bits per heavy atom. The van der Waals surface area contributed by atoms with Crippen LogP contribution in [0.1, 0.15) is 15.9 Å². The highest BCUT2D eigenvalue weighted by atomic mass is 35.5. The molecule has 0 atom stereocenters. The number of carbonyl (C=O) groups is 1. The molecule has 1 amide bonds. The van der Waals surface area contributed by atoms with E-state index >= 15 is 0 Å². The van der Waals surface area contributed by atoms with Crippen molar-refractivity contribution < 1.29 is 9.18 Å². The van der Waals surface area contributed by atoms with Gasteiger partial charge in [0, 0.05) is 32.7 Å². The first kappa shape index (κ1) is 19.4. The molecule has 146 valence electrons. The maximum atomic E-state index is 13.9. The Kier molecular flexibility index (Phi) is 5.42. The van der Waals surface area contributed by atoms with E-state index in [1.807, 2.05) is 12.1 Å². The number of H-pyrrole nitrogens is 2. The maximum Gasteiger partial charge on any atom is 0.256 e. The lowest BCUT2D eigenvalue weighted by atomic mass is 10.1. The van der Waals surface area contributed by atoms with Crippen LogP contribution in [0.15, 0.2) is 30.3 Å². The summed E-state index contributed by atoms with van der Waals surface area (Å²) in [6.07, 6.45) is 0. The number of piperazine rings is 1. The molecule has 2 heterocycles. The highest BCUT2D eigenvalue weighted by Crippen LogP contribution is 2.27. The second kappa shape index (κ2) is 7.83. The minimum absolute atomic E-state index is 0.213. The summed E-state index contributed by atoms with van der Waals surface area (Å²) in [6, 6.07) is 8.16. The maximum absolute atomic E-state index is 13.9. The number of fused-ring (bicyclic) bond motifs is 1. The van der Waals surface area contributed by atoms with Crippen LogP contribution in [0, 0.1) is 10.6 Å². The van der Waals surface area contributed by atoms with E-state index in [0.717, 1.165) is 5.56 Å². The second-order valence-electron chi connectivity index (χ2n) is 6.74. The minimum Gasteiger partial charge on any atom is -0.336 e. The van der Waals surface area contributed by atoms with Gasteiger partial charge in [0.2, 0.25) is 0 Å². The average Bonchev–Trinajstić information content (AvgIpc) is 3.04. The predicted molar refractivity (Wildman–Crippen MR) is 111 cm³/mol. The molecule has 0 spiro atoms. The Bertz CT molecular complexity index is 1100. The number of amides is 1. The lowest BCUT2D eigenvalue weighted by molar-refractivity contribution is 0.0630. The van der Waals surface area contributed by atoms with E-state index in [1.165, 1.54) is 12.1 Å². The Labute approximate surface area is 176 Å². The van der Waals surface area contributed by atoms with Gasteiger partial charge >= 0.3 is 0 Å². The zero-order valence-corrected chi connectivity index (χ0v) is 17.1. The molecule has 1 fully saturated rings. The van der Waals surface area contributed by atoms with Gasteiger partial charge in [0.05, 0.1) is 26.6 Å². The van der Waals surface area contributed by atoms with Crippen LogP contribution in [-0.4, -0.2) is 51.9 Å². The van der Waals surface area contributed by atoms with Crippen LogP contribution in [0.3, 0.4) is 0 Å². The number of aromatic amines is 2. The SMILES string of the molecule is O=C(c1cc(F)cc2[nH]c(=S)[nH]c12)N1CCN(Cc2cccc(Cl)c2Cl)CC1. The van der Waals surface area contributed by atoms with Crippen LogP contribution in [0.25, 0.3) is 11.0 Å². The van der Waals surface area contributed by atoms with Crippen LogP contribution < -0.4 is 0 Å². The summed E-state index contributed by atoms with van der Waals surface area (Å²) >= 11 is 17.4. The standard InChI is InChI=1S/C19H17Cl2FN4OS/c20-14-3-1-2-11(16(14)21)10-25-4-6-26(7-5-25)18(27)13-8-12(22)9-15-17(13)24-19(28)23-15/h1-3,8-9H,4-7,10H2,(H2,23,24,28). The van der Waals surface area contributed by atoms with E-state index in [-0.39, 0.29) is 11.5 Å². The fourth-order valence-corrected chi connectivity index (χ4v) is 4.06. The van der Waals surface area contributed by atoms with Gasteiger partial charge in [-0.25, -0.2) is 4.39 Å². The number of halogens is 3. The smallest absolute Gasteiger partial charge is 0.256 e. The zero-order valence-electron chi connectivity index (χ0n) is 14.8. The molecular formula is C19H17Cl2FN4OS. The molecule has 5 nitrogen and oxygen atoms in total. The van der Waals surface area contributed by atoms with Gasteiger partial charge in [0.15, 0.2) is 4.77 Å². The summed E-state index contributed by atoms with van der Waals surface area (Å²) in [6.45, 7) is 3.13. The summed E-state index contributed by atoms with van der Waals surface area (Å²) in [5.74, 6) is -0.689. The van der Waals surface area contributed by atoms with Crippen molar-refractivity contribution in [3.63, 3.8) is 0 Å². The number of nitrogens with one attached hydrogen (secondary N) is 2. The Morgan fingerprint density at radius 2 is 1.89 bits per heavy atom. The molecule has 3 aromatic rings. The minimum atomic E-state index is -0.477. The molecule has 9 heteroatoms. The Balaban J connectivity index is 1.47. The third-order valence-electron chi connectivity index (χ3n) is 4.91. The molecular weight excluding hydrogens is 422 g/mol. The average molecular weight is 439 g/mol. The number of hydrogen-bond donors (Lipinski definition) is 2. The largest absolute Gasteiger partial charge is 0.336 e. The number of rotatable bonds is 3. The number of imidazole rings is 1. The number of hydrogen-bond acceptors (Lipinski definition) is 3. The summed E-state index contributed by atoms with van der Waals surface area (Å²) in [7, 11) is 0. The summed E-state index contributed by atoms with van der Waals surface area (Å²) < 4.78 is 14.3. The summed E-state index contributed by atoms with van der Waals surface area (Å²) in [4.78, 5) is 22.7. The molecule has 2 aromatic carbocycles. The first-order valence-corrected chi connectivity index (χ1v) is 9.95. The third kappa shape index (κ3) is 3.80. The number of nitrogens with zero attached hydrogens (tertiary/aromatic N) is 2. The highest BCUT2D eigenvalue weighted by molar-refractivity contribution is 7.71. The normalized spacial score (nSPS) is 15.3. The first-order chi connectivity index (χ1) is 13.4. The van der Waals surface area contributed by atoms with Gasteiger partial charge in [-0.05, 0) is 36.0 Å². The van der Waals surface area contributed by atoms with Crippen molar-refractivity contribution in [3.05, 3.63) is 62.1 Å². The summed E-state index contributed by atoms with van der Waals surface area (Å²) in [5.41, 5.74) is 2.27. The van der Waals surface area contributed by atoms with Crippen molar-refractivity contribution in [2.24, 2.45) is 0 Å². The van der Waals surface area contributed by atoms with Crippen molar-refractivity contribution in [2.75, 3.05) is 26.2 Å². The molecule has 0 radical (unpaired) electrons. The number of benzene rings is 2. The van der Waals surface area contributed by atoms with Crippen LogP contribution in [0.4, 0.5) is 4.39 Å². The lowest BCUT2D eigenvalue weighted by Gasteiger charge is -2.35. The van der Waals surface area contributed by atoms with E-state index in [0.29, 0.717) is 58.6 Å². The molecule has 1 saturated heterocycles. The fraction of sp³-hybridized carbons (Fsp3) is 0.263. The van der Waals surface area contributed by atoms with E-state index < -0.39 is 5.82 Å². The fourth-order valence-electron chi connectivity index (χ4n) is 3.47. The molecule has 2 N–H and O–H groups in total. The van der Waals surface area contributed by atoms with Crippen LogP contribution in [0.2, 0.25) is 10.0 Å². The highest BCUT2D eigenvalue weighted by Gasteiger charge is 2.25. The van der Waals surface area contributed by atoms with Crippen LogP contribution >= 0.6 is 35.4 Å². The van der Waals surface area contributed by atoms with Gasteiger partial charge in [-0.1, -0.05) is 35.3 Å². The molecule has 1 aliphatic rings. The summed E-state index contributed by atoms with van der Waals surface area (Å²) in [5, 5.41) is 1.10. The number of carbonyl (C=O) groups excluding carboxylic acids is 1. The molecule has 0 saturated carbocycles. The van der Waals surface area contributed by atoms with E-state index in [4.69, 9.17) is 35.4 Å². The monoisotopic (exact) mass is 438 g/mol. The van der Waals surface area contributed by atoms with E-state index in [2.05, 4.69) is 14.9 Å². The zero-order chi connectivity index (χ0) is 19.8. The molecule has 0 unspecified atom stereocenters. The van der Waals surface area contributed by atoms with Crippen LogP contribution in [-0.2, 0) is 6.54 Å². The van der Waals surface area contributed by atoms with Gasteiger partial charge in [-0.2, -0.15) is 0 Å². The molecule has 4 rings (SSSR count). The first-order valence-electron chi connectivity index (χ1n) is 8.78. The topological polar surface area (TPSA) is 55.1 Å². The quantitative estimate of drug-likeness (QED) is 0.586. The van der Waals surface area contributed by atoms with Crippen molar-refractivity contribution in [3.8, 4) is 0 Å². The van der Waals surface area contributed by atoms with E-state index in [9.17, 15) is 9.18 Å². The molecule has 28 heavy (non-hydrogen) atoms. The van der Waals surface area contributed by atoms with Crippen molar-refractivity contribution in [1.82, 2.24) is 19.8 Å². The molecule has 1 aromatic heterocycles. The Morgan fingerprint density at radius 1 is 1.14 bits per heavy atom. The molecule has 0 bridgehead atoms. The molecule has 0 aliphatic carbocycles. The van der Waals surface area contributed by atoms with Gasteiger partial charge in [-0.3, -0.25) is 9.69 Å². The number of aromatic nitrogens is 2. The van der Waals surface area contributed by atoms with Crippen molar-refractivity contribution in [2.45, 2.75) is 6.54 Å². The molecule has 1 aliphatic heterocycles. The Hall–Kier alpha value is -1.93. The van der Waals surface area contributed by atoms with Gasteiger partial charge in [0.1, 0.15) is 5.82 Å². The van der Waals surface area contributed by atoms with Crippen molar-refractivity contribution in [1.29, 1.82) is 0 Å².